The molecule has 2 aromatic rings. The standard InChI is InChI=1S/C19H19FN2O2/c1-14(23)22-18(13-15-6-3-2-4-7-15)19(24)21-11-10-16-8-5-9-17(20)12-16/h2-9,12-13H,10-11H2,1H3,(H,21,24)(H,22,23)/b18-13-. The van der Waals surface area contributed by atoms with E-state index in [1.807, 2.05) is 30.3 Å². The third-order valence-electron chi connectivity index (χ3n) is 3.25. The second kappa shape index (κ2) is 8.62. The van der Waals surface area contributed by atoms with Gasteiger partial charge in [-0.15, -0.1) is 0 Å². The lowest BCUT2D eigenvalue weighted by Crippen LogP contribution is -2.34. The van der Waals surface area contributed by atoms with Gasteiger partial charge in [0.1, 0.15) is 11.5 Å². The van der Waals surface area contributed by atoms with E-state index in [1.165, 1.54) is 19.1 Å². The van der Waals surface area contributed by atoms with Crippen LogP contribution >= 0.6 is 0 Å². The molecule has 0 unspecified atom stereocenters. The Bertz CT molecular complexity index is 742. The van der Waals surface area contributed by atoms with Crippen molar-refractivity contribution < 1.29 is 14.0 Å². The Morgan fingerprint density at radius 3 is 2.50 bits per heavy atom. The van der Waals surface area contributed by atoms with E-state index in [2.05, 4.69) is 10.6 Å². The van der Waals surface area contributed by atoms with Crippen LogP contribution in [0.25, 0.3) is 6.08 Å². The van der Waals surface area contributed by atoms with E-state index in [0.717, 1.165) is 11.1 Å². The smallest absolute Gasteiger partial charge is 0.267 e. The molecule has 0 saturated carbocycles. The summed E-state index contributed by atoms with van der Waals surface area (Å²) in [6, 6.07) is 15.5. The zero-order valence-corrected chi connectivity index (χ0v) is 13.4. The van der Waals surface area contributed by atoms with Crippen LogP contribution in [0, 0.1) is 5.82 Å². The largest absolute Gasteiger partial charge is 0.350 e. The lowest BCUT2D eigenvalue weighted by molar-refractivity contribution is -0.122. The summed E-state index contributed by atoms with van der Waals surface area (Å²) in [6.07, 6.45) is 2.11. The number of rotatable bonds is 6. The highest BCUT2D eigenvalue weighted by Crippen LogP contribution is 2.06. The number of benzene rings is 2. The average molecular weight is 326 g/mol. The molecule has 5 heteroatoms. The molecule has 0 aliphatic heterocycles. The molecule has 4 nitrogen and oxygen atoms in total. The second-order valence-electron chi connectivity index (χ2n) is 5.29. The van der Waals surface area contributed by atoms with Gasteiger partial charge >= 0.3 is 0 Å². The van der Waals surface area contributed by atoms with Crippen molar-refractivity contribution in [3.63, 3.8) is 0 Å². The molecular formula is C19H19FN2O2. The van der Waals surface area contributed by atoms with Crippen molar-refractivity contribution in [1.29, 1.82) is 0 Å². The first kappa shape index (κ1) is 17.4. The number of amides is 2. The molecule has 24 heavy (non-hydrogen) atoms. The van der Waals surface area contributed by atoms with Gasteiger partial charge in [-0.05, 0) is 35.8 Å². The summed E-state index contributed by atoms with van der Waals surface area (Å²) in [5.74, 6) is -1.01. The molecule has 0 fully saturated rings. The van der Waals surface area contributed by atoms with Gasteiger partial charge in [0.05, 0.1) is 0 Å². The molecule has 0 bridgehead atoms. The molecule has 0 aromatic heterocycles. The molecule has 124 valence electrons. The predicted octanol–water partition coefficient (Wildman–Crippen LogP) is 2.66. The van der Waals surface area contributed by atoms with Gasteiger partial charge in [0.2, 0.25) is 5.91 Å². The van der Waals surface area contributed by atoms with E-state index >= 15 is 0 Å². The molecule has 0 aliphatic carbocycles. The highest BCUT2D eigenvalue weighted by atomic mass is 19.1. The first-order chi connectivity index (χ1) is 11.5. The lowest BCUT2D eigenvalue weighted by Gasteiger charge is -2.10. The Morgan fingerprint density at radius 2 is 1.83 bits per heavy atom. The molecule has 2 rings (SSSR count). The van der Waals surface area contributed by atoms with Gasteiger partial charge in [0.15, 0.2) is 0 Å². The topological polar surface area (TPSA) is 58.2 Å². The van der Waals surface area contributed by atoms with Crippen molar-refractivity contribution in [2.75, 3.05) is 6.54 Å². The fourth-order valence-electron chi connectivity index (χ4n) is 2.17. The van der Waals surface area contributed by atoms with Crippen LogP contribution in [0.1, 0.15) is 18.1 Å². The van der Waals surface area contributed by atoms with Gasteiger partial charge in [-0.2, -0.15) is 0 Å². The monoisotopic (exact) mass is 326 g/mol. The fraction of sp³-hybridized carbons (Fsp3) is 0.158. The summed E-state index contributed by atoms with van der Waals surface area (Å²) in [6.45, 7) is 1.69. The van der Waals surface area contributed by atoms with Gasteiger partial charge in [0.25, 0.3) is 5.91 Å². The van der Waals surface area contributed by atoms with Crippen molar-refractivity contribution in [3.05, 3.63) is 77.2 Å². The minimum atomic E-state index is -0.384. The van der Waals surface area contributed by atoms with Gasteiger partial charge in [0, 0.05) is 13.5 Å². The Balaban J connectivity index is 2.00. The first-order valence-corrected chi connectivity index (χ1v) is 7.61. The summed E-state index contributed by atoms with van der Waals surface area (Å²) in [5, 5.41) is 5.27. The maximum Gasteiger partial charge on any atom is 0.267 e. The van der Waals surface area contributed by atoms with E-state index < -0.39 is 0 Å². The van der Waals surface area contributed by atoms with Crippen molar-refractivity contribution in [2.45, 2.75) is 13.3 Å². The van der Waals surface area contributed by atoms with Crippen LogP contribution in [-0.2, 0) is 16.0 Å². The van der Waals surface area contributed by atoms with E-state index in [-0.39, 0.29) is 23.3 Å². The van der Waals surface area contributed by atoms with Crippen LogP contribution in [0.15, 0.2) is 60.3 Å². The summed E-state index contributed by atoms with van der Waals surface area (Å²) in [5.41, 5.74) is 1.78. The van der Waals surface area contributed by atoms with E-state index in [4.69, 9.17) is 0 Å². The average Bonchev–Trinajstić information content (AvgIpc) is 2.55. The Kier molecular flexibility index (Phi) is 6.25. The first-order valence-electron chi connectivity index (χ1n) is 7.61. The predicted molar refractivity (Wildman–Crippen MR) is 91.3 cm³/mol. The van der Waals surface area contributed by atoms with Gasteiger partial charge in [-0.3, -0.25) is 9.59 Å². The molecule has 2 aromatic carbocycles. The molecule has 0 radical (unpaired) electrons. The zero-order valence-electron chi connectivity index (χ0n) is 13.4. The SMILES string of the molecule is CC(=O)N/C(=C\c1ccccc1)C(=O)NCCc1cccc(F)c1. The van der Waals surface area contributed by atoms with E-state index in [9.17, 15) is 14.0 Å². The molecule has 0 heterocycles. The van der Waals surface area contributed by atoms with E-state index in [0.29, 0.717) is 13.0 Å². The van der Waals surface area contributed by atoms with Crippen LogP contribution in [-0.4, -0.2) is 18.4 Å². The molecular weight excluding hydrogens is 307 g/mol. The molecule has 0 spiro atoms. The van der Waals surface area contributed by atoms with Crippen LogP contribution in [0.5, 0.6) is 0 Å². The van der Waals surface area contributed by atoms with Crippen molar-refractivity contribution >= 4 is 17.9 Å². The van der Waals surface area contributed by atoms with Crippen molar-refractivity contribution in [3.8, 4) is 0 Å². The zero-order chi connectivity index (χ0) is 17.4. The second-order valence-corrected chi connectivity index (χ2v) is 5.29. The van der Waals surface area contributed by atoms with Gasteiger partial charge in [-0.25, -0.2) is 4.39 Å². The summed E-state index contributed by atoms with van der Waals surface area (Å²) in [7, 11) is 0. The molecule has 2 N–H and O–H groups in total. The van der Waals surface area contributed by atoms with Gasteiger partial charge in [-0.1, -0.05) is 42.5 Å². The number of hydrogen-bond acceptors (Lipinski definition) is 2. The normalized spacial score (nSPS) is 11.0. The van der Waals surface area contributed by atoms with E-state index in [1.54, 1.807) is 18.2 Å². The van der Waals surface area contributed by atoms with Crippen molar-refractivity contribution in [1.82, 2.24) is 10.6 Å². The Morgan fingerprint density at radius 1 is 1.08 bits per heavy atom. The minimum Gasteiger partial charge on any atom is -0.350 e. The Hall–Kier alpha value is -2.95. The van der Waals surface area contributed by atoms with Crippen LogP contribution in [0.4, 0.5) is 4.39 Å². The highest BCUT2D eigenvalue weighted by Gasteiger charge is 2.10. The third-order valence-corrected chi connectivity index (χ3v) is 3.25. The third kappa shape index (κ3) is 5.68. The maximum absolute atomic E-state index is 13.1. The summed E-state index contributed by atoms with van der Waals surface area (Å²) < 4.78 is 13.1. The molecule has 0 atom stereocenters. The quantitative estimate of drug-likeness (QED) is 0.802. The lowest BCUT2D eigenvalue weighted by atomic mass is 10.1. The summed E-state index contributed by atoms with van der Waals surface area (Å²) in [4.78, 5) is 23.6. The molecule has 2 amide bonds. The highest BCUT2D eigenvalue weighted by molar-refractivity contribution is 6.00. The molecule has 0 saturated heterocycles. The van der Waals surface area contributed by atoms with Crippen molar-refractivity contribution in [2.24, 2.45) is 0 Å². The molecule has 0 aliphatic rings. The number of nitrogens with one attached hydrogen (secondary N) is 2. The summed E-state index contributed by atoms with van der Waals surface area (Å²) >= 11 is 0. The fourth-order valence-corrected chi connectivity index (χ4v) is 2.17. The minimum absolute atomic E-state index is 0.174. The number of carbonyl (C=O) groups excluding carboxylic acids is 2. The van der Waals surface area contributed by atoms with Crippen LogP contribution < -0.4 is 10.6 Å². The van der Waals surface area contributed by atoms with Crippen LogP contribution in [0.3, 0.4) is 0 Å². The number of halogens is 1. The maximum atomic E-state index is 13.1. The Labute approximate surface area is 140 Å². The number of hydrogen-bond donors (Lipinski definition) is 2. The van der Waals surface area contributed by atoms with Crippen LogP contribution in [0.2, 0.25) is 0 Å². The number of carbonyl (C=O) groups is 2. The van der Waals surface area contributed by atoms with Gasteiger partial charge < -0.3 is 10.6 Å².